The Hall–Kier alpha value is -1.73. The highest BCUT2D eigenvalue weighted by molar-refractivity contribution is 5.92. The zero-order chi connectivity index (χ0) is 13.5. The molecule has 1 heterocycles. The maximum atomic E-state index is 11.7. The van der Waals surface area contributed by atoms with Gasteiger partial charge in [0.05, 0.1) is 19.8 Å². The lowest BCUT2D eigenvalue weighted by molar-refractivity contribution is 0.0913. The molecule has 0 aliphatic carbocycles. The van der Waals surface area contributed by atoms with Crippen LogP contribution in [0, 0.1) is 0 Å². The van der Waals surface area contributed by atoms with E-state index in [-0.39, 0.29) is 30.4 Å². The van der Waals surface area contributed by atoms with Gasteiger partial charge in [-0.1, -0.05) is 0 Å². The standard InChI is InChI=1S/C11H17N3O4/c1-8(7-15)12-11(17)9-3-4-10(16)14(13-9)5-6-18-2/h3-4,8,15H,5-7H2,1-2H3,(H,12,17)/t8-/m0/s1. The summed E-state index contributed by atoms with van der Waals surface area (Å²) < 4.78 is 6.02. The smallest absolute Gasteiger partial charge is 0.272 e. The van der Waals surface area contributed by atoms with E-state index in [1.165, 1.54) is 23.9 Å². The van der Waals surface area contributed by atoms with Crippen molar-refractivity contribution in [1.82, 2.24) is 15.1 Å². The number of hydrogen-bond acceptors (Lipinski definition) is 5. The molecule has 0 aliphatic heterocycles. The largest absolute Gasteiger partial charge is 0.394 e. The molecule has 0 unspecified atom stereocenters. The lowest BCUT2D eigenvalue weighted by Crippen LogP contribution is -2.37. The molecule has 0 bridgehead atoms. The van der Waals surface area contributed by atoms with E-state index in [1.807, 2.05) is 0 Å². The molecule has 18 heavy (non-hydrogen) atoms. The second kappa shape index (κ2) is 6.87. The van der Waals surface area contributed by atoms with Gasteiger partial charge < -0.3 is 15.2 Å². The number of nitrogens with one attached hydrogen (secondary N) is 1. The van der Waals surface area contributed by atoms with Crippen molar-refractivity contribution in [2.75, 3.05) is 20.3 Å². The Bertz CT molecular complexity index is 458. The first-order valence-corrected chi connectivity index (χ1v) is 5.57. The van der Waals surface area contributed by atoms with Crippen LogP contribution in [0.1, 0.15) is 17.4 Å². The van der Waals surface area contributed by atoms with Crippen molar-refractivity contribution >= 4 is 5.91 Å². The molecule has 1 rings (SSSR count). The van der Waals surface area contributed by atoms with Crippen LogP contribution in [0.3, 0.4) is 0 Å². The van der Waals surface area contributed by atoms with E-state index in [1.54, 1.807) is 6.92 Å². The lowest BCUT2D eigenvalue weighted by Gasteiger charge is -2.11. The third kappa shape index (κ3) is 3.94. The molecule has 0 aromatic carbocycles. The summed E-state index contributed by atoms with van der Waals surface area (Å²) in [5.41, 5.74) is -0.162. The minimum Gasteiger partial charge on any atom is -0.394 e. The summed E-state index contributed by atoms with van der Waals surface area (Å²) >= 11 is 0. The van der Waals surface area contributed by atoms with E-state index in [2.05, 4.69) is 10.4 Å². The lowest BCUT2D eigenvalue weighted by atomic mass is 10.3. The van der Waals surface area contributed by atoms with Gasteiger partial charge in [-0.15, -0.1) is 0 Å². The Morgan fingerprint density at radius 3 is 2.94 bits per heavy atom. The van der Waals surface area contributed by atoms with E-state index in [0.29, 0.717) is 6.61 Å². The van der Waals surface area contributed by atoms with E-state index >= 15 is 0 Å². The highest BCUT2D eigenvalue weighted by atomic mass is 16.5. The minimum absolute atomic E-state index is 0.131. The van der Waals surface area contributed by atoms with Gasteiger partial charge >= 0.3 is 0 Å². The van der Waals surface area contributed by atoms with Crippen molar-refractivity contribution in [3.63, 3.8) is 0 Å². The van der Waals surface area contributed by atoms with E-state index < -0.39 is 5.91 Å². The summed E-state index contributed by atoms with van der Waals surface area (Å²) in [6.45, 7) is 2.13. The first-order chi connectivity index (χ1) is 8.58. The Morgan fingerprint density at radius 1 is 1.61 bits per heavy atom. The molecule has 0 spiro atoms. The number of methoxy groups -OCH3 is 1. The van der Waals surface area contributed by atoms with Crippen LogP contribution >= 0.6 is 0 Å². The van der Waals surface area contributed by atoms with Gasteiger partial charge in [-0.05, 0) is 13.0 Å². The van der Waals surface area contributed by atoms with Gasteiger partial charge in [0, 0.05) is 19.2 Å². The number of amides is 1. The van der Waals surface area contributed by atoms with Gasteiger partial charge in [0.2, 0.25) is 0 Å². The first-order valence-electron chi connectivity index (χ1n) is 5.57. The van der Waals surface area contributed by atoms with Gasteiger partial charge in [-0.3, -0.25) is 9.59 Å². The third-order valence-electron chi connectivity index (χ3n) is 2.26. The van der Waals surface area contributed by atoms with Gasteiger partial charge in [0.25, 0.3) is 11.5 Å². The molecule has 1 aromatic rings. The Morgan fingerprint density at radius 2 is 2.33 bits per heavy atom. The molecule has 7 heteroatoms. The molecule has 100 valence electrons. The fourth-order valence-corrected chi connectivity index (χ4v) is 1.25. The number of aromatic nitrogens is 2. The summed E-state index contributed by atoms with van der Waals surface area (Å²) in [5.74, 6) is -0.428. The molecule has 0 saturated carbocycles. The highest BCUT2D eigenvalue weighted by Gasteiger charge is 2.11. The molecular weight excluding hydrogens is 238 g/mol. The second-order valence-corrected chi connectivity index (χ2v) is 3.83. The summed E-state index contributed by atoms with van der Waals surface area (Å²) in [6, 6.07) is 2.27. The number of carbonyl (C=O) groups excluding carboxylic acids is 1. The predicted molar refractivity (Wildman–Crippen MR) is 64.4 cm³/mol. The minimum atomic E-state index is -0.428. The third-order valence-corrected chi connectivity index (χ3v) is 2.26. The van der Waals surface area contributed by atoms with Gasteiger partial charge in [-0.25, -0.2) is 4.68 Å². The first kappa shape index (κ1) is 14.3. The van der Waals surface area contributed by atoms with Gasteiger partial charge in [-0.2, -0.15) is 5.10 Å². The van der Waals surface area contributed by atoms with E-state index in [0.717, 1.165) is 0 Å². The quantitative estimate of drug-likeness (QED) is 0.680. The van der Waals surface area contributed by atoms with Crippen molar-refractivity contribution in [3.05, 3.63) is 28.2 Å². The van der Waals surface area contributed by atoms with Crippen LogP contribution in [-0.2, 0) is 11.3 Å². The van der Waals surface area contributed by atoms with Gasteiger partial charge in [0.1, 0.15) is 5.69 Å². The number of hydrogen-bond donors (Lipinski definition) is 2. The SMILES string of the molecule is COCCn1nc(C(=O)N[C@@H](C)CO)ccc1=O. The summed E-state index contributed by atoms with van der Waals surface area (Å²) in [4.78, 5) is 23.2. The van der Waals surface area contributed by atoms with Crippen molar-refractivity contribution < 1.29 is 14.6 Å². The van der Waals surface area contributed by atoms with Crippen molar-refractivity contribution in [1.29, 1.82) is 0 Å². The molecule has 1 atom stereocenters. The number of aliphatic hydroxyl groups is 1. The zero-order valence-corrected chi connectivity index (χ0v) is 10.4. The Kier molecular flexibility index (Phi) is 5.47. The van der Waals surface area contributed by atoms with Crippen LogP contribution in [-0.4, -0.2) is 47.2 Å². The second-order valence-electron chi connectivity index (χ2n) is 3.83. The van der Waals surface area contributed by atoms with Crippen LogP contribution in [0.25, 0.3) is 0 Å². The molecule has 0 fully saturated rings. The molecule has 0 radical (unpaired) electrons. The highest BCUT2D eigenvalue weighted by Crippen LogP contribution is 1.92. The molecule has 1 amide bonds. The fourth-order valence-electron chi connectivity index (χ4n) is 1.25. The zero-order valence-electron chi connectivity index (χ0n) is 10.4. The van der Waals surface area contributed by atoms with Crippen LogP contribution in [0.4, 0.5) is 0 Å². The number of carbonyl (C=O) groups is 1. The number of nitrogens with zero attached hydrogens (tertiary/aromatic N) is 2. The van der Waals surface area contributed by atoms with Crippen LogP contribution in [0.2, 0.25) is 0 Å². The summed E-state index contributed by atoms with van der Waals surface area (Å²) in [7, 11) is 1.52. The average molecular weight is 255 g/mol. The fraction of sp³-hybridized carbons (Fsp3) is 0.545. The van der Waals surface area contributed by atoms with Gasteiger partial charge in [0.15, 0.2) is 0 Å². The molecular formula is C11H17N3O4. The molecule has 1 aromatic heterocycles. The Labute approximate surface area is 104 Å². The van der Waals surface area contributed by atoms with Crippen molar-refractivity contribution in [3.8, 4) is 0 Å². The summed E-state index contributed by atoms with van der Waals surface area (Å²) in [6.07, 6.45) is 0. The average Bonchev–Trinajstić information content (AvgIpc) is 2.37. The predicted octanol–water partition coefficient (Wildman–Crippen LogP) is -1.000. The molecule has 7 nitrogen and oxygen atoms in total. The van der Waals surface area contributed by atoms with Crippen LogP contribution in [0.15, 0.2) is 16.9 Å². The van der Waals surface area contributed by atoms with E-state index in [4.69, 9.17) is 9.84 Å². The van der Waals surface area contributed by atoms with Crippen molar-refractivity contribution in [2.45, 2.75) is 19.5 Å². The topological polar surface area (TPSA) is 93.5 Å². The monoisotopic (exact) mass is 255 g/mol. The maximum Gasteiger partial charge on any atom is 0.272 e. The number of aliphatic hydroxyl groups excluding tert-OH is 1. The van der Waals surface area contributed by atoms with Crippen molar-refractivity contribution in [2.24, 2.45) is 0 Å². The van der Waals surface area contributed by atoms with Crippen LogP contribution in [0.5, 0.6) is 0 Å². The Balaban J connectivity index is 2.83. The van der Waals surface area contributed by atoms with E-state index in [9.17, 15) is 9.59 Å². The molecule has 0 aliphatic rings. The number of rotatable bonds is 6. The normalized spacial score (nSPS) is 12.2. The number of ether oxygens (including phenoxy) is 1. The maximum absolute atomic E-state index is 11.7. The molecule has 2 N–H and O–H groups in total. The van der Waals surface area contributed by atoms with Crippen LogP contribution < -0.4 is 10.9 Å². The summed E-state index contributed by atoms with van der Waals surface area (Å²) in [5, 5.41) is 15.3. The molecule has 0 saturated heterocycles.